The molecule has 5 heteroatoms. The number of nitriles is 1. The van der Waals surface area contributed by atoms with Crippen LogP contribution in [0, 0.1) is 11.3 Å². The van der Waals surface area contributed by atoms with Gasteiger partial charge in [-0.3, -0.25) is 0 Å². The first-order valence-corrected chi connectivity index (χ1v) is 6.26. The van der Waals surface area contributed by atoms with Crippen molar-refractivity contribution in [2.45, 2.75) is 6.54 Å². The number of pyridine rings is 1. The summed E-state index contributed by atoms with van der Waals surface area (Å²) in [6.45, 7) is 0.735. The van der Waals surface area contributed by atoms with Crippen LogP contribution in [-0.2, 0) is 6.54 Å². The van der Waals surface area contributed by atoms with Crippen molar-refractivity contribution in [3.8, 4) is 6.07 Å². The van der Waals surface area contributed by atoms with E-state index in [0.29, 0.717) is 16.4 Å². The number of rotatable bonds is 3. The van der Waals surface area contributed by atoms with Gasteiger partial charge in [-0.25, -0.2) is 4.98 Å². The summed E-state index contributed by atoms with van der Waals surface area (Å²) < 4.78 is 0. The second-order valence-corrected chi connectivity index (χ2v) is 4.95. The fourth-order valence-corrected chi connectivity index (χ4v) is 2.55. The van der Waals surface area contributed by atoms with E-state index in [1.807, 2.05) is 23.4 Å². The van der Waals surface area contributed by atoms with Gasteiger partial charge >= 0.3 is 0 Å². The molecule has 0 fully saturated rings. The van der Waals surface area contributed by atoms with Gasteiger partial charge in [0.05, 0.1) is 12.1 Å². The van der Waals surface area contributed by atoms with Crippen LogP contribution in [0.25, 0.3) is 0 Å². The number of aromatic nitrogens is 1. The van der Waals surface area contributed by atoms with Gasteiger partial charge < -0.3 is 4.90 Å². The van der Waals surface area contributed by atoms with E-state index >= 15 is 0 Å². The molecule has 0 aromatic carbocycles. The molecule has 2 rings (SSSR count). The van der Waals surface area contributed by atoms with Crippen molar-refractivity contribution in [1.82, 2.24) is 4.98 Å². The zero-order chi connectivity index (χ0) is 12.3. The van der Waals surface area contributed by atoms with Gasteiger partial charge in [0.15, 0.2) is 0 Å². The molecule has 0 amide bonds. The van der Waals surface area contributed by atoms with Crippen molar-refractivity contribution in [1.29, 1.82) is 5.26 Å². The Morgan fingerprint density at radius 1 is 1.53 bits per heavy atom. The van der Waals surface area contributed by atoms with Gasteiger partial charge in [-0.1, -0.05) is 17.7 Å². The highest BCUT2D eigenvalue weighted by molar-refractivity contribution is 7.09. The summed E-state index contributed by atoms with van der Waals surface area (Å²) in [6.07, 6.45) is 1.60. The molecule has 0 bridgehead atoms. The Labute approximate surface area is 109 Å². The maximum absolute atomic E-state index is 8.90. The first kappa shape index (κ1) is 11.9. The third-order valence-electron chi connectivity index (χ3n) is 2.33. The lowest BCUT2D eigenvalue weighted by molar-refractivity contribution is 0.912. The van der Waals surface area contributed by atoms with Crippen molar-refractivity contribution < 1.29 is 0 Å². The van der Waals surface area contributed by atoms with Crippen molar-refractivity contribution >= 4 is 28.8 Å². The third kappa shape index (κ3) is 2.57. The summed E-state index contributed by atoms with van der Waals surface area (Å²) in [5, 5.41) is 11.3. The lowest BCUT2D eigenvalue weighted by atomic mass is 10.3. The first-order chi connectivity index (χ1) is 8.22. The number of hydrogen-bond acceptors (Lipinski definition) is 4. The van der Waals surface area contributed by atoms with Gasteiger partial charge in [-0.05, 0) is 17.5 Å². The van der Waals surface area contributed by atoms with Crippen LogP contribution in [0.1, 0.15) is 10.4 Å². The maximum atomic E-state index is 8.90. The van der Waals surface area contributed by atoms with E-state index in [4.69, 9.17) is 16.9 Å². The lowest BCUT2D eigenvalue weighted by Crippen LogP contribution is -2.17. The summed E-state index contributed by atoms with van der Waals surface area (Å²) in [7, 11) is 1.91. The second kappa shape index (κ2) is 5.17. The highest BCUT2D eigenvalue weighted by Gasteiger charge is 2.12. The van der Waals surface area contributed by atoms with E-state index in [1.165, 1.54) is 4.88 Å². The van der Waals surface area contributed by atoms with Crippen molar-refractivity contribution in [2.75, 3.05) is 11.9 Å². The van der Waals surface area contributed by atoms with E-state index in [9.17, 15) is 0 Å². The molecule has 2 aromatic heterocycles. The van der Waals surface area contributed by atoms with Crippen LogP contribution in [0.3, 0.4) is 0 Å². The fourth-order valence-electron chi connectivity index (χ4n) is 1.50. The normalized spacial score (nSPS) is 9.94. The Hall–Kier alpha value is -1.57. The molecular weight excluding hydrogens is 254 g/mol. The maximum Gasteiger partial charge on any atom is 0.148 e. The molecule has 0 unspecified atom stereocenters. The smallest absolute Gasteiger partial charge is 0.148 e. The topological polar surface area (TPSA) is 39.9 Å². The molecule has 0 atom stereocenters. The van der Waals surface area contributed by atoms with Crippen LogP contribution in [0.4, 0.5) is 5.82 Å². The Morgan fingerprint density at radius 2 is 2.35 bits per heavy atom. The summed E-state index contributed by atoms with van der Waals surface area (Å²) in [5.74, 6) is 0.638. The molecule has 2 aromatic rings. The van der Waals surface area contributed by atoms with Crippen LogP contribution >= 0.6 is 22.9 Å². The van der Waals surface area contributed by atoms with E-state index in [1.54, 1.807) is 23.6 Å². The molecule has 17 heavy (non-hydrogen) atoms. The molecule has 86 valence electrons. The van der Waals surface area contributed by atoms with Gasteiger partial charge in [0, 0.05) is 18.1 Å². The van der Waals surface area contributed by atoms with Crippen molar-refractivity contribution in [3.05, 3.63) is 45.2 Å². The molecule has 0 radical (unpaired) electrons. The predicted molar refractivity (Wildman–Crippen MR) is 70.4 cm³/mol. The Bertz CT molecular complexity index is 545. The van der Waals surface area contributed by atoms with Gasteiger partial charge in [-0.15, -0.1) is 11.3 Å². The van der Waals surface area contributed by atoms with Gasteiger partial charge in [0.25, 0.3) is 0 Å². The minimum Gasteiger partial charge on any atom is -0.353 e. The molecule has 0 spiro atoms. The van der Waals surface area contributed by atoms with Gasteiger partial charge in [0.2, 0.25) is 0 Å². The molecular formula is C12H10ClN3S. The minimum absolute atomic E-state index is 0.411. The summed E-state index contributed by atoms with van der Waals surface area (Å²) >= 11 is 7.80. The average molecular weight is 264 g/mol. The molecule has 3 nitrogen and oxygen atoms in total. The first-order valence-electron chi connectivity index (χ1n) is 5.00. The largest absolute Gasteiger partial charge is 0.353 e. The molecule has 0 aliphatic carbocycles. The molecule has 0 aliphatic rings. The number of anilines is 1. The van der Waals surface area contributed by atoms with Crippen molar-refractivity contribution in [3.63, 3.8) is 0 Å². The van der Waals surface area contributed by atoms with Gasteiger partial charge in [0.1, 0.15) is 16.9 Å². The molecule has 0 N–H and O–H groups in total. The Balaban J connectivity index is 2.25. The average Bonchev–Trinajstić information content (AvgIpc) is 2.82. The van der Waals surface area contributed by atoms with E-state index in [0.717, 1.165) is 6.54 Å². The Morgan fingerprint density at radius 3 is 3.00 bits per heavy atom. The molecule has 0 saturated heterocycles. The van der Waals surface area contributed by atoms with Crippen molar-refractivity contribution in [2.24, 2.45) is 0 Å². The van der Waals surface area contributed by atoms with Gasteiger partial charge in [-0.2, -0.15) is 5.26 Å². The monoisotopic (exact) mass is 263 g/mol. The summed E-state index contributed by atoms with van der Waals surface area (Å²) in [6, 6.07) is 7.74. The zero-order valence-corrected chi connectivity index (χ0v) is 10.8. The van der Waals surface area contributed by atoms with Crippen LogP contribution in [0.5, 0.6) is 0 Å². The van der Waals surface area contributed by atoms with Crippen LogP contribution in [-0.4, -0.2) is 12.0 Å². The molecule has 2 heterocycles. The van der Waals surface area contributed by atoms with Crippen LogP contribution in [0.15, 0.2) is 29.8 Å². The SMILES string of the molecule is CN(Cc1cccs1)c1nccc(C#N)c1Cl. The highest BCUT2D eigenvalue weighted by atomic mass is 35.5. The van der Waals surface area contributed by atoms with E-state index in [-0.39, 0.29) is 0 Å². The number of halogens is 1. The van der Waals surface area contributed by atoms with Crippen LogP contribution < -0.4 is 4.90 Å². The molecule has 0 aliphatic heterocycles. The standard InChI is InChI=1S/C12H10ClN3S/c1-16(8-10-3-2-6-17-10)12-11(13)9(7-14)4-5-15-12/h2-6H,8H2,1H3. The molecule has 0 saturated carbocycles. The fraction of sp³-hybridized carbons (Fsp3) is 0.167. The number of hydrogen-bond donors (Lipinski definition) is 0. The minimum atomic E-state index is 0.411. The quantitative estimate of drug-likeness (QED) is 0.853. The van der Waals surface area contributed by atoms with E-state index < -0.39 is 0 Å². The Kier molecular flexibility index (Phi) is 3.62. The number of nitrogens with zero attached hydrogens (tertiary/aromatic N) is 3. The number of thiophene rings is 1. The predicted octanol–water partition coefficient (Wildman–Crippen LogP) is 3.30. The van der Waals surface area contributed by atoms with E-state index in [2.05, 4.69) is 17.1 Å². The highest BCUT2D eigenvalue weighted by Crippen LogP contribution is 2.27. The summed E-state index contributed by atoms with van der Waals surface area (Å²) in [5.41, 5.74) is 0.453. The lowest BCUT2D eigenvalue weighted by Gasteiger charge is -2.18. The third-order valence-corrected chi connectivity index (χ3v) is 3.56. The van der Waals surface area contributed by atoms with Crippen LogP contribution in [0.2, 0.25) is 5.02 Å². The second-order valence-electron chi connectivity index (χ2n) is 3.54. The summed E-state index contributed by atoms with van der Waals surface area (Å²) in [4.78, 5) is 7.38. The zero-order valence-electron chi connectivity index (χ0n) is 9.22.